The molecular weight excluding hydrogens is 232 g/mol. The molecule has 0 spiro atoms. The highest BCUT2D eigenvalue weighted by Gasteiger charge is 2.02. The van der Waals surface area contributed by atoms with Crippen molar-refractivity contribution in [3.05, 3.63) is 64.7 Å². The number of nitrogens with one attached hydrogen (secondary N) is 1. The molecule has 0 atom stereocenters. The maximum atomic E-state index is 8.97. The summed E-state index contributed by atoms with van der Waals surface area (Å²) in [6.45, 7) is 0.676. The van der Waals surface area contributed by atoms with Gasteiger partial charge in [-0.2, -0.15) is 5.26 Å². The first-order valence-corrected chi connectivity index (χ1v) is 5.65. The van der Waals surface area contributed by atoms with Crippen LogP contribution in [0, 0.1) is 11.3 Å². The molecule has 0 radical (unpaired) electrons. The molecule has 0 aliphatic carbocycles. The highest BCUT2D eigenvalue weighted by molar-refractivity contribution is 6.30. The van der Waals surface area contributed by atoms with Crippen molar-refractivity contribution in [2.75, 3.05) is 5.32 Å². The van der Waals surface area contributed by atoms with Gasteiger partial charge in [0.05, 0.1) is 11.3 Å². The number of hydrogen-bond acceptors (Lipinski definition) is 2. The van der Waals surface area contributed by atoms with E-state index >= 15 is 0 Å². The maximum Gasteiger partial charge on any atom is 0.101 e. The summed E-state index contributed by atoms with van der Waals surface area (Å²) in [7, 11) is 0. The molecule has 0 aliphatic heterocycles. The quantitative estimate of drug-likeness (QED) is 0.888. The summed E-state index contributed by atoms with van der Waals surface area (Å²) in [4.78, 5) is 0. The molecule has 0 bridgehead atoms. The predicted molar refractivity (Wildman–Crippen MR) is 69.9 cm³/mol. The van der Waals surface area contributed by atoms with E-state index in [0.29, 0.717) is 17.1 Å². The Labute approximate surface area is 105 Å². The average Bonchev–Trinajstić information content (AvgIpc) is 2.38. The van der Waals surface area contributed by atoms with E-state index in [0.717, 1.165) is 11.3 Å². The molecule has 0 saturated heterocycles. The predicted octanol–water partition coefficient (Wildman–Crippen LogP) is 3.82. The fourth-order valence-corrected chi connectivity index (χ4v) is 1.73. The van der Waals surface area contributed by atoms with E-state index in [1.807, 2.05) is 30.3 Å². The summed E-state index contributed by atoms with van der Waals surface area (Å²) >= 11 is 5.91. The van der Waals surface area contributed by atoms with Crippen molar-refractivity contribution in [1.82, 2.24) is 0 Å². The van der Waals surface area contributed by atoms with Gasteiger partial charge < -0.3 is 5.32 Å². The first-order valence-electron chi connectivity index (χ1n) is 5.27. The van der Waals surface area contributed by atoms with Crippen LogP contribution in [0.1, 0.15) is 11.1 Å². The average molecular weight is 243 g/mol. The molecule has 3 heteroatoms. The molecule has 0 aromatic heterocycles. The van der Waals surface area contributed by atoms with E-state index in [9.17, 15) is 0 Å². The Balaban J connectivity index is 2.14. The molecule has 1 N–H and O–H groups in total. The third-order valence-corrected chi connectivity index (χ3v) is 2.66. The molecule has 0 heterocycles. The van der Waals surface area contributed by atoms with Gasteiger partial charge in [-0.15, -0.1) is 0 Å². The van der Waals surface area contributed by atoms with E-state index in [-0.39, 0.29) is 0 Å². The van der Waals surface area contributed by atoms with Crippen molar-refractivity contribution in [3.8, 4) is 6.07 Å². The molecule has 17 heavy (non-hydrogen) atoms. The van der Waals surface area contributed by atoms with Crippen LogP contribution in [0.15, 0.2) is 48.5 Å². The molecule has 2 aromatic carbocycles. The zero-order chi connectivity index (χ0) is 12.1. The molecule has 2 aromatic rings. The Hall–Kier alpha value is -1.98. The van der Waals surface area contributed by atoms with Crippen molar-refractivity contribution >= 4 is 17.3 Å². The molecule has 0 aliphatic rings. The van der Waals surface area contributed by atoms with E-state index in [1.54, 1.807) is 18.2 Å². The topological polar surface area (TPSA) is 35.8 Å². The molecule has 0 saturated carbocycles. The van der Waals surface area contributed by atoms with Crippen LogP contribution in [-0.4, -0.2) is 0 Å². The monoisotopic (exact) mass is 242 g/mol. The van der Waals surface area contributed by atoms with Crippen molar-refractivity contribution in [1.29, 1.82) is 5.26 Å². The minimum absolute atomic E-state index is 0.602. The first kappa shape index (κ1) is 11.5. The van der Waals surface area contributed by atoms with Gasteiger partial charge in [0.1, 0.15) is 6.07 Å². The van der Waals surface area contributed by atoms with Crippen LogP contribution in [0.4, 0.5) is 5.69 Å². The number of benzene rings is 2. The van der Waals surface area contributed by atoms with E-state index in [2.05, 4.69) is 11.4 Å². The molecule has 2 rings (SSSR count). The number of rotatable bonds is 3. The van der Waals surface area contributed by atoms with Crippen LogP contribution < -0.4 is 5.32 Å². The van der Waals surface area contributed by atoms with Gasteiger partial charge in [0.2, 0.25) is 0 Å². The normalized spacial score (nSPS) is 9.65. The largest absolute Gasteiger partial charge is 0.380 e. The molecule has 84 valence electrons. The summed E-state index contributed by atoms with van der Waals surface area (Å²) in [5.74, 6) is 0. The van der Waals surface area contributed by atoms with Gasteiger partial charge in [0, 0.05) is 11.6 Å². The minimum Gasteiger partial charge on any atom is -0.380 e. The van der Waals surface area contributed by atoms with Gasteiger partial charge in [-0.3, -0.25) is 0 Å². The van der Waals surface area contributed by atoms with E-state index in [1.165, 1.54) is 0 Å². The van der Waals surface area contributed by atoms with Gasteiger partial charge in [-0.05, 0) is 23.8 Å². The third kappa shape index (κ3) is 2.99. The minimum atomic E-state index is 0.602. The zero-order valence-electron chi connectivity index (χ0n) is 9.15. The lowest BCUT2D eigenvalue weighted by Crippen LogP contribution is -2.00. The van der Waals surface area contributed by atoms with Gasteiger partial charge in [-0.1, -0.05) is 41.9 Å². The van der Waals surface area contributed by atoms with Crippen LogP contribution in [-0.2, 0) is 6.54 Å². The lowest BCUT2D eigenvalue weighted by Gasteiger charge is -2.08. The summed E-state index contributed by atoms with van der Waals surface area (Å²) in [6, 6.07) is 17.3. The van der Waals surface area contributed by atoms with Crippen LogP contribution in [0.2, 0.25) is 5.02 Å². The summed E-state index contributed by atoms with van der Waals surface area (Å²) in [5.41, 5.74) is 2.53. The number of hydrogen-bond donors (Lipinski definition) is 1. The van der Waals surface area contributed by atoms with Gasteiger partial charge in [-0.25, -0.2) is 0 Å². The summed E-state index contributed by atoms with van der Waals surface area (Å²) in [5, 5.41) is 12.8. The van der Waals surface area contributed by atoms with Crippen molar-refractivity contribution in [2.24, 2.45) is 0 Å². The van der Waals surface area contributed by atoms with Gasteiger partial charge in [0.25, 0.3) is 0 Å². The number of anilines is 1. The van der Waals surface area contributed by atoms with Gasteiger partial charge in [0.15, 0.2) is 0 Å². The second-order valence-electron chi connectivity index (χ2n) is 3.64. The highest BCUT2D eigenvalue weighted by Crippen LogP contribution is 2.20. The summed E-state index contributed by atoms with van der Waals surface area (Å²) in [6.07, 6.45) is 0. The lowest BCUT2D eigenvalue weighted by atomic mass is 10.1. The van der Waals surface area contributed by atoms with Crippen LogP contribution in [0.5, 0.6) is 0 Å². The molecule has 0 unspecified atom stereocenters. The van der Waals surface area contributed by atoms with E-state index in [4.69, 9.17) is 16.9 Å². The number of halogens is 1. The van der Waals surface area contributed by atoms with Crippen LogP contribution in [0.3, 0.4) is 0 Å². The molecule has 0 amide bonds. The Kier molecular flexibility index (Phi) is 3.64. The fraction of sp³-hybridized carbons (Fsp3) is 0.0714. The SMILES string of the molecule is N#Cc1ccc(Cl)cc1NCc1ccccc1. The van der Waals surface area contributed by atoms with Gasteiger partial charge >= 0.3 is 0 Å². The second kappa shape index (κ2) is 5.38. The van der Waals surface area contributed by atoms with Crippen molar-refractivity contribution in [2.45, 2.75) is 6.54 Å². The Bertz CT molecular complexity index is 544. The number of nitriles is 1. The Morgan fingerprint density at radius 2 is 1.88 bits per heavy atom. The summed E-state index contributed by atoms with van der Waals surface area (Å²) < 4.78 is 0. The molecular formula is C14H11ClN2. The zero-order valence-corrected chi connectivity index (χ0v) is 9.91. The number of nitrogens with zero attached hydrogens (tertiary/aromatic N) is 1. The van der Waals surface area contributed by atoms with Crippen molar-refractivity contribution in [3.63, 3.8) is 0 Å². The smallest absolute Gasteiger partial charge is 0.101 e. The maximum absolute atomic E-state index is 8.97. The first-order chi connectivity index (χ1) is 8.29. The third-order valence-electron chi connectivity index (χ3n) is 2.43. The Morgan fingerprint density at radius 1 is 1.12 bits per heavy atom. The fourth-order valence-electron chi connectivity index (χ4n) is 1.55. The second-order valence-corrected chi connectivity index (χ2v) is 4.08. The van der Waals surface area contributed by atoms with Crippen LogP contribution >= 0.6 is 11.6 Å². The molecule has 2 nitrogen and oxygen atoms in total. The standard InChI is InChI=1S/C14H11ClN2/c15-13-7-6-12(9-16)14(8-13)17-10-11-4-2-1-3-5-11/h1-8,17H,10H2. The van der Waals surface area contributed by atoms with Crippen LogP contribution in [0.25, 0.3) is 0 Å². The van der Waals surface area contributed by atoms with E-state index < -0.39 is 0 Å². The van der Waals surface area contributed by atoms with Crippen molar-refractivity contribution < 1.29 is 0 Å². The lowest BCUT2D eigenvalue weighted by molar-refractivity contribution is 1.15. The molecule has 0 fully saturated rings. The Morgan fingerprint density at radius 3 is 2.59 bits per heavy atom. The highest BCUT2D eigenvalue weighted by atomic mass is 35.5.